The summed E-state index contributed by atoms with van der Waals surface area (Å²) in [5.74, 6) is 0.988. The molecule has 0 fully saturated rings. The molecule has 0 amide bonds. The Bertz CT molecular complexity index is 480. The number of hydrogen-bond acceptors (Lipinski definition) is 2. The third kappa shape index (κ3) is 2.87. The third-order valence-corrected chi connectivity index (χ3v) is 2.97. The quantitative estimate of drug-likeness (QED) is 0.845. The van der Waals surface area contributed by atoms with Crippen molar-refractivity contribution in [2.75, 3.05) is 5.32 Å². The van der Waals surface area contributed by atoms with Gasteiger partial charge < -0.3 is 10.3 Å². The van der Waals surface area contributed by atoms with Crippen molar-refractivity contribution in [1.29, 1.82) is 0 Å². The highest BCUT2D eigenvalue weighted by Gasteiger charge is 2.02. The van der Waals surface area contributed by atoms with Gasteiger partial charge in [0.2, 0.25) is 0 Å². The molecule has 3 nitrogen and oxygen atoms in total. The van der Waals surface area contributed by atoms with Gasteiger partial charge in [-0.2, -0.15) is 0 Å². The van der Waals surface area contributed by atoms with Gasteiger partial charge in [-0.1, -0.05) is 19.1 Å². The third-order valence-electron chi connectivity index (χ3n) is 2.97. The van der Waals surface area contributed by atoms with Gasteiger partial charge in [0, 0.05) is 11.4 Å². The molecule has 3 heteroatoms. The lowest BCUT2D eigenvalue weighted by molar-refractivity contribution is 0.986. The molecule has 0 aliphatic rings. The summed E-state index contributed by atoms with van der Waals surface area (Å²) in [6.45, 7) is 6.97. The van der Waals surface area contributed by atoms with Gasteiger partial charge in [0.15, 0.2) is 0 Å². The predicted octanol–water partition coefficient (Wildman–Crippen LogP) is 3.20. The molecular weight excluding hydrogens is 210 g/mol. The summed E-state index contributed by atoms with van der Waals surface area (Å²) in [6.07, 6.45) is 1.06. The fourth-order valence-corrected chi connectivity index (χ4v) is 1.79. The van der Waals surface area contributed by atoms with Crippen LogP contribution in [0.2, 0.25) is 0 Å². The van der Waals surface area contributed by atoms with E-state index < -0.39 is 0 Å². The highest BCUT2D eigenvalue weighted by Crippen LogP contribution is 2.12. The SMILES string of the molecule is CCc1cccc(NCc2nc(C)c(C)[nH]2)c1. The number of imidazole rings is 1. The number of aromatic amines is 1. The Morgan fingerprint density at radius 2 is 2.12 bits per heavy atom. The maximum Gasteiger partial charge on any atom is 0.125 e. The standard InChI is InChI=1S/C14H19N3/c1-4-12-6-5-7-13(8-12)15-9-14-16-10(2)11(3)17-14/h5-8,15H,4,9H2,1-3H3,(H,16,17). The smallest absolute Gasteiger partial charge is 0.125 e. The van der Waals surface area contributed by atoms with E-state index in [0.717, 1.165) is 35.9 Å². The van der Waals surface area contributed by atoms with Crippen LogP contribution in [0.3, 0.4) is 0 Å². The van der Waals surface area contributed by atoms with Crippen molar-refractivity contribution in [2.24, 2.45) is 0 Å². The number of rotatable bonds is 4. The number of hydrogen-bond donors (Lipinski definition) is 2. The average molecular weight is 229 g/mol. The number of anilines is 1. The van der Waals surface area contributed by atoms with Crippen LogP contribution >= 0.6 is 0 Å². The van der Waals surface area contributed by atoms with Crippen molar-refractivity contribution in [3.05, 3.63) is 47.0 Å². The Kier molecular flexibility index (Phi) is 3.47. The first-order chi connectivity index (χ1) is 8.19. The molecule has 0 aliphatic heterocycles. The Hall–Kier alpha value is -1.77. The molecular formula is C14H19N3. The Balaban J connectivity index is 2.01. The van der Waals surface area contributed by atoms with Crippen molar-refractivity contribution in [3.8, 4) is 0 Å². The van der Waals surface area contributed by atoms with Crippen LogP contribution < -0.4 is 5.32 Å². The molecule has 0 bridgehead atoms. The van der Waals surface area contributed by atoms with E-state index in [4.69, 9.17) is 0 Å². The maximum absolute atomic E-state index is 4.45. The lowest BCUT2D eigenvalue weighted by Crippen LogP contribution is -2.01. The molecule has 1 aromatic carbocycles. The number of aryl methyl sites for hydroxylation is 3. The average Bonchev–Trinajstić information content (AvgIpc) is 2.67. The lowest BCUT2D eigenvalue weighted by atomic mass is 10.1. The summed E-state index contributed by atoms with van der Waals surface area (Å²) in [7, 11) is 0. The molecule has 0 saturated heterocycles. The molecule has 17 heavy (non-hydrogen) atoms. The first kappa shape index (κ1) is 11.7. The Labute approximate surface area is 102 Å². The zero-order valence-corrected chi connectivity index (χ0v) is 10.7. The minimum absolute atomic E-state index is 0.738. The minimum Gasteiger partial charge on any atom is -0.378 e. The van der Waals surface area contributed by atoms with Crippen LogP contribution in [0.4, 0.5) is 5.69 Å². The van der Waals surface area contributed by atoms with E-state index in [1.807, 2.05) is 13.8 Å². The summed E-state index contributed by atoms with van der Waals surface area (Å²) in [5.41, 5.74) is 4.71. The van der Waals surface area contributed by atoms with Crippen molar-refractivity contribution < 1.29 is 0 Å². The van der Waals surface area contributed by atoms with Crippen LogP contribution in [0, 0.1) is 13.8 Å². The molecule has 2 N–H and O–H groups in total. The molecule has 0 unspecified atom stereocenters. The van der Waals surface area contributed by atoms with Crippen LogP contribution in [-0.2, 0) is 13.0 Å². The summed E-state index contributed by atoms with van der Waals surface area (Å²) >= 11 is 0. The first-order valence-corrected chi connectivity index (χ1v) is 6.04. The second-order valence-electron chi connectivity index (χ2n) is 4.30. The molecule has 0 saturated carbocycles. The van der Waals surface area contributed by atoms with Crippen molar-refractivity contribution >= 4 is 5.69 Å². The zero-order chi connectivity index (χ0) is 12.3. The largest absolute Gasteiger partial charge is 0.378 e. The van der Waals surface area contributed by atoms with E-state index in [9.17, 15) is 0 Å². The topological polar surface area (TPSA) is 40.7 Å². The fourth-order valence-electron chi connectivity index (χ4n) is 1.79. The fraction of sp³-hybridized carbons (Fsp3) is 0.357. The summed E-state index contributed by atoms with van der Waals surface area (Å²) in [4.78, 5) is 7.72. The van der Waals surface area contributed by atoms with Crippen LogP contribution in [0.15, 0.2) is 24.3 Å². The van der Waals surface area contributed by atoms with Crippen molar-refractivity contribution in [3.63, 3.8) is 0 Å². The Morgan fingerprint density at radius 1 is 1.29 bits per heavy atom. The van der Waals surface area contributed by atoms with Gasteiger partial charge in [-0.25, -0.2) is 4.98 Å². The molecule has 0 atom stereocenters. The monoisotopic (exact) mass is 229 g/mol. The van der Waals surface area contributed by atoms with E-state index >= 15 is 0 Å². The minimum atomic E-state index is 0.738. The van der Waals surface area contributed by atoms with Gasteiger partial charge in [-0.3, -0.25) is 0 Å². The van der Waals surface area contributed by atoms with Crippen LogP contribution in [0.5, 0.6) is 0 Å². The summed E-state index contributed by atoms with van der Waals surface area (Å²) < 4.78 is 0. The van der Waals surface area contributed by atoms with Gasteiger partial charge in [0.25, 0.3) is 0 Å². The van der Waals surface area contributed by atoms with Gasteiger partial charge >= 0.3 is 0 Å². The van der Waals surface area contributed by atoms with Gasteiger partial charge in [-0.05, 0) is 38.0 Å². The molecule has 2 aromatic rings. The molecule has 90 valence electrons. The zero-order valence-electron chi connectivity index (χ0n) is 10.7. The predicted molar refractivity (Wildman–Crippen MR) is 71.2 cm³/mol. The van der Waals surface area contributed by atoms with E-state index in [2.05, 4.69) is 46.5 Å². The van der Waals surface area contributed by atoms with Crippen LogP contribution in [0.25, 0.3) is 0 Å². The van der Waals surface area contributed by atoms with Crippen molar-refractivity contribution in [2.45, 2.75) is 33.7 Å². The van der Waals surface area contributed by atoms with E-state index in [1.54, 1.807) is 0 Å². The maximum atomic E-state index is 4.45. The number of nitrogens with zero attached hydrogens (tertiary/aromatic N) is 1. The molecule has 0 radical (unpaired) electrons. The highest BCUT2D eigenvalue weighted by atomic mass is 15.0. The van der Waals surface area contributed by atoms with Crippen LogP contribution in [-0.4, -0.2) is 9.97 Å². The van der Waals surface area contributed by atoms with Gasteiger partial charge in [0.05, 0.1) is 12.2 Å². The highest BCUT2D eigenvalue weighted by molar-refractivity contribution is 5.45. The summed E-state index contributed by atoms with van der Waals surface area (Å²) in [5, 5.41) is 3.38. The molecule has 0 aliphatic carbocycles. The number of aromatic nitrogens is 2. The lowest BCUT2D eigenvalue weighted by Gasteiger charge is -2.05. The number of nitrogens with one attached hydrogen (secondary N) is 2. The number of H-pyrrole nitrogens is 1. The second kappa shape index (κ2) is 5.04. The normalized spacial score (nSPS) is 10.5. The number of benzene rings is 1. The van der Waals surface area contributed by atoms with Gasteiger partial charge in [-0.15, -0.1) is 0 Å². The van der Waals surface area contributed by atoms with Gasteiger partial charge in [0.1, 0.15) is 5.82 Å². The molecule has 1 heterocycles. The summed E-state index contributed by atoms with van der Waals surface area (Å²) in [6, 6.07) is 8.50. The molecule has 2 rings (SSSR count). The van der Waals surface area contributed by atoms with Crippen molar-refractivity contribution in [1.82, 2.24) is 9.97 Å². The Morgan fingerprint density at radius 3 is 2.76 bits per heavy atom. The first-order valence-electron chi connectivity index (χ1n) is 6.04. The molecule has 1 aromatic heterocycles. The van der Waals surface area contributed by atoms with Crippen LogP contribution in [0.1, 0.15) is 29.7 Å². The second-order valence-corrected chi connectivity index (χ2v) is 4.30. The van der Waals surface area contributed by atoms with E-state index in [1.165, 1.54) is 5.56 Å². The van der Waals surface area contributed by atoms with E-state index in [0.29, 0.717) is 0 Å². The van der Waals surface area contributed by atoms with E-state index in [-0.39, 0.29) is 0 Å². The molecule has 0 spiro atoms.